The molecular formula is C19H26N6O3. The molecule has 1 aromatic carbocycles. The second-order valence-corrected chi connectivity index (χ2v) is 6.50. The number of hydrogen-bond donors (Lipinski definition) is 2. The highest BCUT2D eigenvalue weighted by molar-refractivity contribution is 5.98. The lowest BCUT2D eigenvalue weighted by atomic mass is 10.2. The minimum atomic E-state index is -0.00548. The van der Waals surface area contributed by atoms with Gasteiger partial charge in [-0.25, -0.2) is 4.99 Å². The number of aromatic hydroxyl groups is 1. The summed E-state index contributed by atoms with van der Waals surface area (Å²) in [5.74, 6) is 1.46. The smallest absolute Gasteiger partial charge is 0.246 e. The Bertz CT molecular complexity index is 863. The number of nitrogens with one attached hydrogen (secondary N) is 1. The number of benzene rings is 1. The fourth-order valence-electron chi connectivity index (χ4n) is 3.08. The standard InChI is InChI=1S/C19H26N6O3/c1-4-20-19(21-10-14-9-16(28-3)5-6-17(14)26)24-7-8-25(18(27)13-24)15-11-22-23(2)12-15/h5-6,9,11-12,26H,4,7-8,10,13H2,1-3H3,(H,20,21). The van der Waals surface area contributed by atoms with Gasteiger partial charge in [0.05, 0.1) is 25.5 Å². The first-order valence-electron chi connectivity index (χ1n) is 9.20. The Hall–Kier alpha value is -3.23. The number of phenols is 1. The van der Waals surface area contributed by atoms with Gasteiger partial charge in [-0.1, -0.05) is 0 Å². The molecule has 9 nitrogen and oxygen atoms in total. The third-order valence-corrected chi connectivity index (χ3v) is 4.54. The van der Waals surface area contributed by atoms with Crippen LogP contribution in [0.4, 0.5) is 5.69 Å². The molecule has 0 unspecified atom stereocenters. The average Bonchev–Trinajstić information content (AvgIpc) is 3.12. The molecule has 0 radical (unpaired) electrons. The van der Waals surface area contributed by atoms with E-state index < -0.39 is 0 Å². The van der Waals surface area contributed by atoms with E-state index in [0.29, 0.717) is 36.9 Å². The lowest BCUT2D eigenvalue weighted by molar-refractivity contribution is -0.120. The third-order valence-electron chi connectivity index (χ3n) is 4.54. The van der Waals surface area contributed by atoms with Gasteiger partial charge in [0.15, 0.2) is 5.96 Å². The van der Waals surface area contributed by atoms with Crippen LogP contribution in [0.2, 0.25) is 0 Å². The number of guanidine groups is 1. The first-order valence-corrected chi connectivity index (χ1v) is 9.20. The van der Waals surface area contributed by atoms with E-state index >= 15 is 0 Å². The number of piperazine rings is 1. The Balaban J connectivity index is 1.72. The maximum absolute atomic E-state index is 12.6. The predicted molar refractivity (Wildman–Crippen MR) is 107 cm³/mol. The number of carbonyl (C=O) groups is 1. The summed E-state index contributed by atoms with van der Waals surface area (Å²) in [7, 11) is 3.41. The number of carbonyl (C=O) groups excluding carboxylic acids is 1. The van der Waals surface area contributed by atoms with Gasteiger partial charge in [0.1, 0.15) is 18.0 Å². The number of ether oxygens (including phenoxy) is 1. The molecule has 1 aromatic heterocycles. The first-order chi connectivity index (χ1) is 13.5. The molecule has 2 N–H and O–H groups in total. The zero-order valence-electron chi connectivity index (χ0n) is 16.4. The summed E-state index contributed by atoms with van der Waals surface area (Å²) in [6.07, 6.45) is 3.52. The van der Waals surface area contributed by atoms with Crippen molar-refractivity contribution in [2.75, 3.05) is 38.2 Å². The summed E-state index contributed by atoms with van der Waals surface area (Å²) >= 11 is 0. The van der Waals surface area contributed by atoms with Gasteiger partial charge in [0.2, 0.25) is 5.91 Å². The molecule has 28 heavy (non-hydrogen) atoms. The molecule has 1 fully saturated rings. The number of amides is 1. The predicted octanol–water partition coefficient (Wildman–Crippen LogP) is 0.949. The van der Waals surface area contributed by atoms with Crippen LogP contribution in [0.5, 0.6) is 11.5 Å². The summed E-state index contributed by atoms with van der Waals surface area (Å²) in [4.78, 5) is 20.9. The van der Waals surface area contributed by atoms with Crippen LogP contribution < -0.4 is 15.0 Å². The average molecular weight is 386 g/mol. The first kappa shape index (κ1) is 19.5. The number of anilines is 1. The molecule has 1 saturated heterocycles. The summed E-state index contributed by atoms with van der Waals surface area (Å²) < 4.78 is 6.89. The van der Waals surface area contributed by atoms with E-state index in [0.717, 1.165) is 5.69 Å². The maximum Gasteiger partial charge on any atom is 0.246 e. The highest BCUT2D eigenvalue weighted by Crippen LogP contribution is 2.23. The number of aliphatic imine (C=N–C) groups is 1. The molecule has 3 rings (SSSR count). The molecule has 1 aliphatic heterocycles. The zero-order valence-corrected chi connectivity index (χ0v) is 16.4. The SMILES string of the molecule is CCNC(=NCc1cc(OC)ccc1O)N1CCN(c2cnn(C)c2)C(=O)C1. The third kappa shape index (κ3) is 4.36. The zero-order chi connectivity index (χ0) is 20.1. The number of methoxy groups -OCH3 is 1. The fourth-order valence-corrected chi connectivity index (χ4v) is 3.08. The largest absolute Gasteiger partial charge is 0.508 e. The molecule has 0 saturated carbocycles. The van der Waals surface area contributed by atoms with Gasteiger partial charge in [0, 0.05) is 38.4 Å². The Morgan fingerprint density at radius 2 is 2.21 bits per heavy atom. The van der Waals surface area contributed by atoms with Crippen LogP contribution in [-0.4, -0.2) is 64.9 Å². The van der Waals surface area contributed by atoms with Crippen LogP contribution >= 0.6 is 0 Å². The number of phenolic OH excluding ortho intramolecular Hbond substituents is 1. The number of aryl methyl sites for hydroxylation is 1. The second kappa shape index (κ2) is 8.64. The van der Waals surface area contributed by atoms with E-state index in [1.54, 1.807) is 41.1 Å². The van der Waals surface area contributed by atoms with Crippen LogP contribution in [0, 0.1) is 0 Å². The van der Waals surface area contributed by atoms with E-state index in [1.807, 2.05) is 25.1 Å². The number of hydrogen-bond acceptors (Lipinski definition) is 5. The van der Waals surface area contributed by atoms with Gasteiger partial charge in [0.25, 0.3) is 0 Å². The van der Waals surface area contributed by atoms with Crippen molar-refractivity contribution in [2.45, 2.75) is 13.5 Å². The summed E-state index contributed by atoms with van der Waals surface area (Å²) in [6.45, 7) is 4.37. The maximum atomic E-state index is 12.6. The van der Waals surface area contributed by atoms with Crippen LogP contribution in [0.3, 0.4) is 0 Å². The monoisotopic (exact) mass is 386 g/mol. The molecule has 0 spiro atoms. The molecule has 0 aliphatic carbocycles. The van der Waals surface area contributed by atoms with Crippen molar-refractivity contribution in [1.82, 2.24) is 20.0 Å². The Kier molecular flexibility index (Phi) is 6.03. The summed E-state index contributed by atoms with van der Waals surface area (Å²) in [6, 6.07) is 5.05. The number of nitrogens with zero attached hydrogens (tertiary/aromatic N) is 5. The lowest BCUT2D eigenvalue weighted by Gasteiger charge is -2.35. The van der Waals surface area contributed by atoms with Gasteiger partial charge in [-0.05, 0) is 25.1 Å². The Labute approximate surface area is 164 Å². The second-order valence-electron chi connectivity index (χ2n) is 6.50. The lowest BCUT2D eigenvalue weighted by Crippen LogP contribution is -2.55. The minimum Gasteiger partial charge on any atom is -0.508 e. The highest BCUT2D eigenvalue weighted by Gasteiger charge is 2.27. The van der Waals surface area contributed by atoms with Gasteiger partial charge in [-0.15, -0.1) is 0 Å². The topological polar surface area (TPSA) is 95.2 Å². The summed E-state index contributed by atoms with van der Waals surface area (Å²) in [5, 5.41) is 17.4. The quantitative estimate of drug-likeness (QED) is 0.587. The Morgan fingerprint density at radius 3 is 2.86 bits per heavy atom. The summed E-state index contributed by atoms with van der Waals surface area (Å²) in [5.41, 5.74) is 1.46. The van der Waals surface area contributed by atoms with E-state index in [1.165, 1.54) is 0 Å². The highest BCUT2D eigenvalue weighted by atomic mass is 16.5. The van der Waals surface area contributed by atoms with Crippen LogP contribution in [0.1, 0.15) is 12.5 Å². The minimum absolute atomic E-state index is 0.00548. The molecule has 1 aliphatic rings. The van der Waals surface area contributed by atoms with Gasteiger partial charge in [-0.2, -0.15) is 5.10 Å². The normalized spacial score (nSPS) is 15.1. The molecule has 2 aromatic rings. The Morgan fingerprint density at radius 1 is 1.39 bits per heavy atom. The van der Waals surface area contributed by atoms with E-state index in [4.69, 9.17) is 4.74 Å². The molecule has 9 heteroatoms. The number of rotatable bonds is 5. The van der Waals surface area contributed by atoms with E-state index in [-0.39, 0.29) is 24.7 Å². The van der Waals surface area contributed by atoms with Gasteiger partial charge >= 0.3 is 0 Å². The van der Waals surface area contributed by atoms with Crippen molar-refractivity contribution >= 4 is 17.6 Å². The van der Waals surface area contributed by atoms with Crippen molar-refractivity contribution in [3.63, 3.8) is 0 Å². The van der Waals surface area contributed by atoms with Crippen molar-refractivity contribution in [1.29, 1.82) is 0 Å². The van der Waals surface area contributed by atoms with Crippen LogP contribution in [0.25, 0.3) is 0 Å². The van der Waals surface area contributed by atoms with Crippen LogP contribution in [-0.2, 0) is 18.4 Å². The van der Waals surface area contributed by atoms with E-state index in [9.17, 15) is 9.90 Å². The van der Waals surface area contributed by atoms with Crippen LogP contribution in [0.15, 0.2) is 35.6 Å². The van der Waals surface area contributed by atoms with Gasteiger partial charge < -0.3 is 25.0 Å². The van der Waals surface area contributed by atoms with Crippen molar-refractivity contribution in [2.24, 2.45) is 12.0 Å². The molecule has 1 amide bonds. The fraction of sp³-hybridized carbons (Fsp3) is 0.421. The van der Waals surface area contributed by atoms with Crippen molar-refractivity contribution < 1.29 is 14.6 Å². The van der Waals surface area contributed by atoms with Crippen molar-refractivity contribution in [3.8, 4) is 11.5 Å². The molecule has 2 heterocycles. The molecular weight excluding hydrogens is 360 g/mol. The molecule has 150 valence electrons. The van der Waals surface area contributed by atoms with E-state index in [2.05, 4.69) is 15.4 Å². The van der Waals surface area contributed by atoms with Crippen molar-refractivity contribution in [3.05, 3.63) is 36.2 Å². The van der Waals surface area contributed by atoms with Gasteiger partial charge in [-0.3, -0.25) is 9.48 Å². The number of aromatic nitrogens is 2. The molecule has 0 bridgehead atoms. The molecule has 0 atom stereocenters.